The molecular weight excluding hydrogens is 340 g/mol. The number of carbonyl (C=O) groups is 1. The molecule has 24 heavy (non-hydrogen) atoms. The Kier molecular flexibility index (Phi) is 5.08. The van der Waals surface area contributed by atoms with Crippen LogP contribution in [0.1, 0.15) is 20.9 Å². The predicted molar refractivity (Wildman–Crippen MR) is 101 cm³/mol. The lowest BCUT2D eigenvalue weighted by molar-refractivity contribution is 0.105. The van der Waals surface area contributed by atoms with E-state index in [1.807, 2.05) is 49.4 Å². The summed E-state index contributed by atoms with van der Waals surface area (Å²) in [5.41, 5.74) is 2.60. The van der Waals surface area contributed by atoms with E-state index < -0.39 is 0 Å². The number of aromatic nitrogens is 1. The first-order valence-electron chi connectivity index (χ1n) is 7.39. The molecule has 0 unspecified atom stereocenters. The molecule has 1 heterocycles. The normalized spacial score (nSPS) is 10.9. The third-order valence-electron chi connectivity index (χ3n) is 3.34. The van der Waals surface area contributed by atoms with Crippen molar-refractivity contribution >= 4 is 45.6 Å². The van der Waals surface area contributed by atoms with Crippen LogP contribution in [0.3, 0.4) is 0 Å². The van der Waals surface area contributed by atoms with Gasteiger partial charge in [-0.15, -0.1) is 0 Å². The summed E-state index contributed by atoms with van der Waals surface area (Å²) in [6.45, 7) is 1.84. The van der Waals surface area contributed by atoms with Gasteiger partial charge >= 0.3 is 0 Å². The summed E-state index contributed by atoms with van der Waals surface area (Å²) in [5, 5.41) is 4.60. The van der Waals surface area contributed by atoms with Crippen LogP contribution in [-0.2, 0) is 0 Å². The molecule has 3 aromatic rings. The van der Waals surface area contributed by atoms with E-state index in [1.165, 1.54) is 11.3 Å². The molecule has 120 valence electrons. The maximum absolute atomic E-state index is 12.4. The third kappa shape index (κ3) is 4.10. The van der Waals surface area contributed by atoms with Crippen LogP contribution in [0.5, 0.6) is 0 Å². The Labute approximate surface area is 149 Å². The lowest BCUT2D eigenvalue weighted by Gasteiger charge is -2.00. The quantitative estimate of drug-likeness (QED) is 0.469. The smallest absolute Gasteiger partial charge is 0.197 e. The van der Waals surface area contributed by atoms with Crippen molar-refractivity contribution in [2.75, 3.05) is 5.32 Å². The largest absolute Gasteiger partial charge is 0.332 e. The van der Waals surface area contributed by atoms with Crippen LogP contribution < -0.4 is 5.32 Å². The molecule has 0 atom stereocenters. The van der Waals surface area contributed by atoms with Gasteiger partial charge in [-0.2, -0.15) is 0 Å². The molecule has 0 saturated carbocycles. The molecule has 1 aromatic heterocycles. The average molecular weight is 355 g/mol. The van der Waals surface area contributed by atoms with E-state index in [0.717, 1.165) is 16.9 Å². The summed E-state index contributed by atoms with van der Waals surface area (Å²) >= 11 is 7.21. The predicted octanol–water partition coefficient (Wildman–Crippen LogP) is 5.74. The van der Waals surface area contributed by atoms with E-state index in [2.05, 4.69) is 10.3 Å². The highest BCUT2D eigenvalue weighted by molar-refractivity contribution is 7.17. The SMILES string of the molecule is Cc1nc(Nc2ccccc2)sc1C(=O)/C=C/c1ccc(Cl)cc1. The minimum absolute atomic E-state index is 0.0546. The Hall–Kier alpha value is -2.43. The molecule has 0 radical (unpaired) electrons. The van der Waals surface area contributed by atoms with Gasteiger partial charge in [0.1, 0.15) is 0 Å². The zero-order chi connectivity index (χ0) is 16.9. The first-order chi connectivity index (χ1) is 11.6. The molecule has 5 heteroatoms. The molecule has 2 aromatic carbocycles. The van der Waals surface area contributed by atoms with Gasteiger partial charge in [0, 0.05) is 10.7 Å². The van der Waals surface area contributed by atoms with Gasteiger partial charge in [0.25, 0.3) is 0 Å². The van der Waals surface area contributed by atoms with E-state index in [0.29, 0.717) is 15.0 Å². The molecule has 0 bridgehead atoms. The van der Waals surface area contributed by atoms with Gasteiger partial charge in [-0.3, -0.25) is 4.79 Å². The lowest BCUT2D eigenvalue weighted by Crippen LogP contribution is -1.93. The van der Waals surface area contributed by atoms with Crippen LogP contribution in [0.4, 0.5) is 10.8 Å². The number of hydrogen-bond donors (Lipinski definition) is 1. The summed E-state index contributed by atoms with van der Waals surface area (Å²) in [5.74, 6) is -0.0546. The molecule has 0 fully saturated rings. The molecule has 0 aliphatic rings. The van der Waals surface area contributed by atoms with Crippen LogP contribution in [0.2, 0.25) is 5.02 Å². The van der Waals surface area contributed by atoms with Crippen LogP contribution in [0.25, 0.3) is 6.08 Å². The van der Waals surface area contributed by atoms with Crippen molar-refractivity contribution in [3.8, 4) is 0 Å². The van der Waals surface area contributed by atoms with Crippen molar-refractivity contribution < 1.29 is 4.79 Å². The Morgan fingerprint density at radius 2 is 1.83 bits per heavy atom. The summed E-state index contributed by atoms with van der Waals surface area (Å²) in [7, 11) is 0. The van der Waals surface area contributed by atoms with Gasteiger partial charge < -0.3 is 5.32 Å². The van der Waals surface area contributed by atoms with Crippen molar-refractivity contribution in [1.82, 2.24) is 4.98 Å². The van der Waals surface area contributed by atoms with Gasteiger partial charge in [0.15, 0.2) is 10.9 Å². The Balaban J connectivity index is 1.74. The monoisotopic (exact) mass is 354 g/mol. The number of nitrogens with zero attached hydrogens (tertiary/aromatic N) is 1. The number of allylic oxidation sites excluding steroid dienone is 1. The van der Waals surface area contributed by atoms with E-state index in [1.54, 1.807) is 24.3 Å². The van der Waals surface area contributed by atoms with E-state index in [9.17, 15) is 4.79 Å². The van der Waals surface area contributed by atoms with Crippen molar-refractivity contribution in [3.05, 3.63) is 81.8 Å². The number of para-hydroxylation sites is 1. The minimum Gasteiger partial charge on any atom is -0.332 e. The maximum Gasteiger partial charge on any atom is 0.197 e. The molecule has 0 aliphatic carbocycles. The van der Waals surface area contributed by atoms with Crippen LogP contribution in [-0.4, -0.2) is 10.8 Å². The molecule has 3 nitrogen and oxygen atoms in total. The summed E-state index contributed by atoms with van der Waals surface area (Å²) in [6, 6.07) is 17.1. The Morgan fingerprint density at radius 1 is 1.12 bits per heavy atom. The van der Waals surface area contributed by atoms with Crippen molar-refractivity contribution in [3.63, 3.8) is 0 Å². The second kappa shape index (κ2) is 7.43. The van der Waals surface area contributed by atoms with Gasteiger partial charge in [-0.25, -0.2) is 4.98 Å². The Morgan fingerprint density at radius 3 is 2.54 bits per heavy atom. The first kappa shape index (κ1) is 16.4. The second-order valence-electron chi connectivity index (χ2n) is 5.17. The topological polar surface area (TPSA) is 42.0 Å². The number of rotatable bonds is 5. The molecule has 3 rings (SSSR count). The fourth-order valence-corrected chi connectivity index (χ4v) is 3.18. The highest BCUT2D eigenvalue weighted by Gasteiger charge is 2.13. The van der Waals surface area contributed by atoms with Crippen molar-refractivity contribution in [2.45, 2.75) is 6.92 Å². The van der Waals surface area contributed by atoms with Gasteiger partial charge in [0.05, 0.1) is 10.6 Å². The van der Waals surface area contributed by atoms with Crippen LogP contribution >= 0.6 is 22.9 Å². The van der Waals surface area contributed by atoms with Gasteiger partial charge in [0.2, 0.25) is 0 Å². The maximum atomic E-state index is 12.4. The van der Waals surface area contributed by atoms with Crippen molar-refractivity contribution in [1.29, 1.82) is 0 Å². The first-order valence-corrected chi connectivity index (χ1v) is 8.59. The number of halogens is 1. The molecule has 0 amide bonds. The average Bonchev–Trinajstić information content (AvgIpc) is 2.95. The second-order valence-corrected chi connectivity index (χ2v) is 6.61. The standard InChI is InChI=1S/C19H15ClN2OS/c1-13-18(17(23)12-9-14-7-10-15(20)11-8-14)24-19(21-13)22-16-5-3-2-4-6-16/h2-12H,1H3,(H,21,22)/b12-9+. The lowest BCUT2D eigenvalue weighted by atomic mass is 10.2. The number of aryl methyl sites for hydroxylation is 1. The minimum atomic E-state index is -0.0546. The van der Waals surface area contributed by atoms with E-state index in [4.69, 9.17) is 11.6 Å². The van der Waals surface area contributed by atoms with E-state index >= 15 is 0 Å². The van der Waals surface area contributed by atoms with E-state index in [-0.39, 0.29) is 5.78 Å². The van der Waals surface area contributed by atoms with Gasteiger partial charge in [-0.1, -0.05) is 59.3 Å². The fraction of sp³-hybridized carbons (Fsp3) is 0.0526. The zero-order valence-electron chi connectivity index (χ0n) is 13.0. The van der Waals surface area contributed by atoms with Gasteiger partial charge in [-0.05, 0) is 42.8 Å². The Bertz CT molecular complexity index is 870. The number of nitrogens with one attached hydrogen (secondary N) is 1. The highest BCUT2D eigenvalue weighted by atomic mass is 35.5. The molecule has 1 N–H and O–H groups in total. The number of carbonyl (C=O) groups excluding carboxylic acids is 1. The van der Waals surface area contributed by atoms with Crippen LogP contribution in [0, 0.1) is 6.92 Å². The number of ketones is 1. The number of benzene rings is 2. The number of thiazole rings is 1. The van der Waals surface area contributed by atoms with Crippen LogP contribution in [0.15, 0.2) is 60.7 Å². The summed E-state index contributed by atoms with van der Waals surface area (Å²) < 4.78 is 0. The number of hydrogen-bond acceptors (Lipinski definition) is 4. The fourth-order valence-electron chi connectivity index (χ4n) is 2.14. The molecule has 0 spiro atoms. The third-order valence-corrected chi connectivity index (χ3v) is 4.68. The molecule has 0 saturated heterocycles. The summed E-state index contributed by atoms with van der Waals surface area (Å²) in [6.07, 6.45) is 3.35. The van der Waals surface area contributed by atoms with Crippen molar-refractivity contribution in [2.24, 2.45) is 0 Å². The summed E-state index contributed by atoms with van der Waals surface area (Å²) in [4.78, 5) is 17.5. The molecular formula is C19H15ClN2OS. The zero-order valence-corrected chi connectivity index (χ0v) is 14.6. The highest BCUT2D eigenvalue weighted by Crippen LogP contribution is 2.26. The number of anilines is 2. The molecule has 0 aliphatic heterocycles.